The third-order valence-electron chi connectivity index (χ3n) is 4.22. The van der Waals surface area contributed by atoms with Crippen LogP contribution >= 0.6 is 11.8 Å². The van der Waals surface area contributed by atoms with Crippen LogP contribution in [0.5, 0.6) is 0 Å². The number of benzene rings is 1. The van der Waals surface area contributed by atoms with Crippen LogP contribution in [0.4, 0.5) is 0 Å². The summed E-state index contributed by atoms with van der Waals surface area (Å²) in [6, 6.07) is 7.60. The van der Waals surface area contributed by atoms with Gasteiger partial charge in [0.05, 0.1) is 4.90 Å². The Morgan fingerprint density at radius 3 is 2.18 bits per heavy atom. The molecule has 2 atom stereocenters. The minimum Gasteiger partial charge on any atom is -0.303 e. The fourth-order valence-corrected chi connectivity index (χ4v) is 6.39. The van der Waals surface area contributed by atoms with E-state index in [4.69, 9.17) is 0 Å². The molecule has 0 saturated carbocycles. The number of rotatable bonds is 3. The highest BCUT2D eigenvalue weighted by Gasteiger charge is 2.46. The molecule has 2 bridgehead atoms. The van der Waals surface area contributed by atoms with Crippen LogP contribution in [0, 0.1) is 0 Å². The van der Waals surface area contributed by atoms with Crippen molar-refractivity contribution in [3.05, 3.63) is 24.3 Å². The molecule has 0 spiro atoms. The Kier molecular flexibility index (Phi) is 5.94. The smallest absolute Gasteiger partial charge is 0.244 e. The molecule has 6 heteroatoms. The summed E-state index contributed by atoms with van der Waals surface area (Å²) in [7, 11) is -1.30. The second-order valence-electron chi connectivity index (χ2n) is 5.59. The third-order valence-corrected chi connectivity index (χ3v) is 7.21. The number of likely N-dealkylation sites (tertiary alicyclic amines) is 1. The molecule has 2 aliphatic rings. The monoisotopic (exact) mass is 342 g/mol. The first-order valence-electron chi connectivity index (χ1n) is 7.89. The van der Waals surface area contributed by atoms with Crippen molar-refractivity contribution in [1.29, 1.82) is 0 Å². The van der Waals surface area contributed by atoms with Gasteiger partial charge in [-0.05, 0) is 38.3 Å². The molecule has 2 fully saturated rings. The molecule has 1 aromatic carbocycles. The normalized spacial score (nSPS) is 25.6. The Morgan fingerprint density at radius 2 is 1.64 bits per heavy atom. The Hall–Kier alpha value is -0.560. The molecule has 3 rings (SSSR count). The summed E-state index contributed by atoms with van der Waals surface area (Å²) < 4.78 is 27.8. The average molecular weight is 343 g/mol. The number of piperazine rings is 1. The molecule has 0 amide bonds. The molecule has 4 nitrogen and oxygen atoms in total. The molecule has 0 radical (unpaired) electrons. The third kappa shape index (κ3) is 3.20. The first-order chi connectivity index (χ1) is 10.5. The van der Waals surface area contributed by atoms with Crippen molar-refractivity contribution in [3.63, 3.8) is 0 Å². The topological polar surface area (TPSA) is 40.6 Å². The molecule has 2 saturated heterocycles. The van der Waals surface area contributed by atoms with Crippen molar-refractivity contribution in [2.45, 2.75) is 48.6 Å². The van der Waals surface area contributed by atoms with E-state index in [0.717, 1.165) is 30.8 Å². The van der Waals surface area contributed by atoms with E-state index in [1.165, 1.54) is 11.8 Å². The highest BCUT2D eigenvalue weighted by Crippen LogP contribution is 2.37. The van der Waals surface area contributed by atoms with Gasteiger partial charge in [-0.15, -0.1) is 11.8 Å². The van der Waals surface area contributed by atoms with Gasteiger partial charge in [-0.2, -0.15) is 4.31 Å². The first-order valence-corrected chi connectivity index (χ1v) is 10.6. The number of likely N-dealkylation sites (N-methyl/N-ethyl adjacent to an activating group) is 1. The summed E-state index contributed by atoms with van der Waals surface area (Å²) in [5.41, 5.74) is 0. The van der Waals surface area contributed by atoms with E-state index in [1.54, 1.807) is 10.4 Å². The van der Waals surface area contributed by atoms with Crippen molar-refractivity contribution < 1.29 is 8.42 Å². The van der Waals surface area contributed by atoms with Crippen LogP contribution in [0.25, 0.3) is 0 Å². The second kappa shape index (κ2) is 7.34. The van der Waals surface area contributed by atoms with E-state index in [9.17, 15) is 8.42 Å². The van der Waals surface area contributed by atoms with Gasteiger partial charge in [-0.3, -0.25) is 0 Å². The molecule has 22 heavy (non-hydrogen) atoms. The van der Waals surface area contributed by atoms with Crippen molar-refractivity contribution in [2.75, 3.05) is 26.4 Å². The van der Waals surface area contributed by atoms with Gasteiger partial charge in [-0.1, -0.05) is 26.0 Å². The maximum Gasteiger partial charge on any atom is 0.244 e. The van der Waals surface area contributed by atoms with Gasteiger partial charge in [0.15, 0.2) is 0 Å². The molecule has 124 valence electrons. The highest BCUT2D eigenvalue weighted by molar-refractivity contribution is 7.99. The Morgan fingerprint density at radius 1 is 1.09 bits per heavy atom. The Labute approximate surface area is 138 Å². The van der Waals surface area contributed by atoms with Crippen LogP contribution in [0.15, 0.2) is 34.1 Å². The summed E-state index contributed by atoms with van der Waals surface area (Å²) in [6.07, 6.45) is 3.89. The fourth-order valence-electron chi connectivity index (χ4n) is 3.41. The van der Waals surface area contributed by atoms with Crippen LogP contribution in [-0.4, -0.2) is 56.1 Å². The zero-order chi connectivity index (χ0) is 16.3. The van der Waals surface area contributed by atoms with Crippen LogP contribution < -0.4 is 0 Å². The van der Waals surface area contributed by atoms with E-state index < -0.39 is 10.0 Å². The van der Waals surface area contributed by atoms with Crippen LogP contribution in [-0.2, 0) is 10.0 Å². The Bertz CT molecular complexity index is 590. The lowest BCUT2D eigenvalue weighted by atomic mass is 10.2. The number of thioether (sulfide) groups is 1. The maximum atomic E-state index is 13.0. The first kappa shape index (κ1) is 17.8. The van der Waals surface area contributed by atoms with E-state index >= 15 is 0 Å². The van der Waals surface area contributed by atoms with Gasteiger partial charge in [0, 0.05) is 30.1 Å². The summed E-state index contributed by atoms with van der Waals surface area (Å²) in [5, 5.41) is 0. The number of hydrogen-bond acceptors (Lipinski definition) is 4. The standard InChI is InChI=1S/C14H20N2O2S2.C2H6/c1-15-9-11-7-8-12(10-15)16(11)20(17,18)14-6-4-3-5-13(14)19-2;1-2/h3-6,11-12H,7-10H2,1-2H3;1-2H3. The molecule has 1 aromatic rings. The molecule has 2 aliphatic heterocycles. The largest absolute Gasteiger partial charge is 0.303 e. The summed E-state index contributed by atoms with van der Waals surface area (Å²) in [5.74, 6) is 0. The molecule has 0 aromatic heterocycles. The zero-order valence-electron chi connectivity index (χ0n) is 13.8. The summed E-state index contributed by atoms with van der Waals surface area (Å²) >= 11 is 1.49. The SMILES string of the molecule is CC.CSc1ccccc1S(=O)(=O)N1C2CCC1CN(C)C2. The molecule has 2 heterocycles. The number of nitrogens with zero attached hydrogens (tertiary/aromatic N) is 2. The summed E-state index contributed by atoms with van der Waals surface area (Å²) in [4.78, 5) is 3.55. The number of fused-ring (bicyclic) bond motifs is 2. The van der Waals surface area contributed by atoms with Gasteiger partial charge in [0.25, 0.3) is 0 Å². The lowest BCUT2D eigenvalue weighted by molar-refractivity contribution is 0.154. The molecule has 2 unspecified atom stereocenters. The van der Waals surface area contributed by atoms with E-state index in [1.807, 2.05) is 38.3 Å². The van der Waals surface area contributed by atoms with Gasteiger partial charge >= 0.3 is 0 Å². The van der Waals surface area contributed by atoms with E-state index in [0.29, 0.717) is 4.90 Å². The van der Waals surface area contributed by atoms with Gasteiger partial charge in [0.2, 0.25) is 10.0 Å². The van der Waals surface area contributed by atoms with Gasteiger partial charge in [-0.25, -0.2) is 8.42 Å². The lowest BCUT2D eigenvalue weighted by Crippen LogP contribution is -2.54. The van der Waals surface area contributed by atoms with Gasteiger partial charge < -0.3 is 4.90 Å². The predicted octanol–water partition coefficient (Wildman–Crippen LogP) is 2.90. The van der Waals surface area contributed by atoms with Crippen LogP contribution in [0.2, 0.25) is 0 Å². The van der Waals surface area contributed by atoms with E-state index in [-0.39, 0.29) is 12.1 Å². The highest BCUT2D eigenvalue weighted by atomic mass is 32.2. The van der Waals surface area contributed by atoms with Crippen LogP contribution in [0.3, 0.4) is 0 Å². The Balaban J connectivity index is 0.000000847. The zero-order valence-corrected chi connectivity index (χ0v) is 15.5. The van der Waals surface area contributed by atoms with Crippen LogP contribution in [0.1, 0.15) is 26.7 Å². The predicted molar refractivity (Wildman–Crippen MR) is 92.9 cm³/mol. The number of sulfonamides is 1. The number of hydrogen-bond donors (Lipinski definition) is 0. The lowest BCUT2D eigenvalue weighted by Gasteiger charge is -2.38. The molecule has 0 aliphatic carbocycles. The van der Waals surface area contributed by atoms with E-state index in [2.05, 4.69) is 11.9 Å². The fraction of sp³-hybridized carbons (Fsp3) is 0.625. The van der Waals surface area contributed by atoms with Crippen molar-refractivity contribution in [1.82, 2.24) is 9.21 Å². The minimum atomic E-state index is -3.38. The van der Waals surface area contributed by atoms with Gasteiger partial charge in [0.1, 0.15) is 0 Å². The average Bonchev–Trinajstić information content (AvgIpc) is 2.82. The summed E-state index contributed by atoms with van der Waals surface area (Å²) in [6.45, 7) is 5.69. The second-order valence-corrected chi connectivity index (χ2v) is 8.25. The quantitative estimate of drug-likeness (QED) is 0.792. The van der Waals surface area contributed by atoms with Crippen molar-refractivity contribution >= 4 is 21.8 Å². The molecular formula is C16H26N2O2S2. The van der Waals surface area contributed by atoms with Crippen molar-refractivity contribution in [3.8, 4) is 0 Å². The van der Waals surface area contributed by atoms with Crippen molar-refractivity contribution in [2.24, 2.45) is 0 Å². The molecule has 0 N–H and O–H groups in total. The molecular weight excluding hydrogens is 316 g/mol. The maximum absolute atomic E-state index is 13.0. The minimum absolute atomic E-state index is 0.138.